The predicted octanol–water partition coefficient (Wildman–Crippen LogP) is 2.24. The number of nitrogens with two attached hydrogens (primary N) is 1. The summed E-state index contributed by atoms with van der Waals surface area (Å²) in [5, 5.41) is 6.86. The third-order valence-electron chi connectivity index (χ3n) is 3.37. The van der Waals surface area contributed by atoms with Gasteiger partial charge in [0.05, 0.1) is 23.6 Å². The zero-order valence-corrected chi connectivity index (χ0v) is 12.3. The molecule has 1 atom stereocenters. The van der Waals surface area contributed by atoms with Gasteiger partial charge < -0.3 is 11.1 Å². The van der Waals surface area contributed by atoms with Crippen molar-refractivity contribution in [3.63, 3.8) is 0 Å². The molecule has 0 saturated carbocycles. The quantitative estimate of drug-likeness (QED) is 0.907. The second-order valence-electron chi connectivity index (χ2n) is 5.27. The summed E-state index contributed by atoms with van der Waals surface area (Å²) in [5.74, 6) is -0.617. The van der Waals surface area contributed by atoms with E-state index in [2.05, 4.69) is 10.4 Å². The number of para-hydroxylation sites is 1. The molecular weight excluding hydrogens is 271 g/mol. The highest BCUT2D eigenvalue weighted by molar-refractivity contribution is 5.95. The van der Waals surface area contributed by atoms with Crippen LogP contribution in [0.1, 0.15) is 19.5 Å². The lowest BCUT2D eigenvalue weighted by atomic mass is 10.1. The Hall–Kier alpha value is -2.21. The summed E-state index contributed by atoms with van der Waals surface area (Å²) in [5.41, 5.74) is 7.31. The Bertz CT molecular complexity index is 651. The number of halogens is 1. The first kappa shape index (κ1) is 15.2. The first-order valence-electron chi connectivity index (χ1n) is 6.77. The van der Waals surface area contributed by atoms with E-state index in [9.17, 15) is 9.18 Å². The first-order valence-corrected chi connectivity index (χ1v) is 6.77. The third kappa shape index (κ3) is 3.11. The zero-order valence-electron chi connectivity index (χ0n) is 12.3. The Morgan fingerprint density at radius 3 is 2.67 bits per heavy atom. The van der Waals surface area contributed by atoms with Crippen LogP contribution in [-0.4, -0.2) is 21.7 Å². The van der Waals surface area contributed by atoms with Gasteiger partial charge in [0.15, 0.2) is 0 Å². The SMILES string of the molecule is Cc1c(NC(=O)[C@@H](N)C(C)C)cnn1-c1ccccc1F. The summed E-state index contributed by atoms with van der Waals surface area (Å²) in [6.07, 6.45) is 1.49. The molecule has 0 saturated heterocycles. The minimum atomic E-state index is -0.596. The maximum atomic E-state index is 13.8. The summed E-state index contributed by atoms with van der Waals surface area (Å²) < 4.78 is 15.2. The zero-order chi connectivity index (χ0) is 15.6. The lowest BCUT2D eigenvalue weighted by molar-refractivity contribution is -0.118. The summed E-state index contributed by atoms with van der Waals surface area (Å²) in [7, 11) is 0. The van der Waals surface area contributed by atoms with Gasteiger partial charge in [-0.15, -0.1) is 0 Å². The molecule has 3 N–H and O–H groups in total. The Labute approximate surface area is 123 Å². The van der Waals surface area contributed by atoms with E-state index in [1.165, 1.54) is 16.9 Å². The third-order valence-corrected chi connectivity index (χ3v) is 3.37. The van der Waals surface area contributed by atoms with Gasteiger partial charge in [0.25, 0.3) is 0 Å². The van der Waals surface area contributed by atoms with Crippen molar-refractivity contribution in [3.8, 4) is 5.69 Å². The van der Waals surface area contributed by atoms with Crippen LogP contribution in [0.2, 0.25) is 0 Å². The van der Waals surface area contributed by atoms with Crippen molar-refractivity contribution in [2.24, 2.45) is 11.7 Å². The molecule has 1 amide bonds. The molecule has 0 spiro atoms. The van der Waals surface area contributed by atoms with Crippen molar-refractivity contribution in [2.75, 3.05) is 5.32 Å². The Morgan fingerprint density at radius 1 is 1.38 bits per heavy atom. The van der Waals surface area contributed by atoms with Gasteiger partial charge in [-0.2, -0.15) is 5.10 Å². The molecule has 0 fully saturated rings. The van der Waals surface area contributed by atoms with E-state index in [0.29, 0.717) is 17.1 Å². The molecule has 21 heavy (non-hydrogen) atoms. The van der Waals surface area contributed by atoms with Crippen LogP contribution in [0.4, 0.5) is 10.1 Å². The van der Waals surface area contributed by atoms with Crippen molar-refractivity contribution in [1.29, 1.82) is 0 Å². The molecule has 2 rings (SSSR count). The molecule has 2 aromatic rings. The van der Waals surface area contributed by atoms with Crippen LogP contribution in [0.3, 0.4) is 0 Å². The summed E-state index contributed by atoms with van der Waals surface area (Å²) in [4.78, 5) is 12.0. The average molecular weight is 290 g/mol. The molecule has 1 aromatic carbocycles. The molecule has 0 aliphatic carbocycles. The number of aromatic nitrogens is 2. The van der Waals surface area contributed by atoms with Crippen molar-refractivity contribution in [3.05, 3.63) is 42.0 Å². The molecule has 1 aromatic heterocycles. The minimum absolute atomic E-state index is 0.0342. The lowest BCUT2D eigenvalue weighted by Crippen LogP contribution is -2.39. The van der Waals surface area contributed by atoms with Crippen molar-refractivity contribution >= 4 is 11.6 Å². The fourth-order valence-corrected chi connectivity index (χ4v) is 1.92. The Morgan fingerprint density at radius 2 is 2.05 bits per heavy atom. The highest BCUT2D eigenvalue weighted by Gasteiger charge is 2.19. The summed E-state index contributed by atoms with van der Waals surface area (Å²) in [6.45, 7) is 5.51. The molecule has 0 aliphatic heterocycles. The molecular formula is C15H19FN4O. The van der Waals surface area contributed by atoms with Gasteiger partial charge in [0, 0.05) is 0 Å². The first-order chi connectivity index (χ1) is 9.91. The standard InChI is InChI=1S/C15H19FN4O/c1-9(2)14(17)15(21)19-12-8-18-20(10(12)3)13-7-5-4-6-11(13)16/h4-9,14H,17H2,1-3H3,(H,19,21)/t14-/m0/s1. The number of hydrogen-bond acceptors (Lipinski definition) is 3. The number of benzene rings is 1. The number of nitrogens with zero attached hydrogens (tertiary/aromatic N) is 2. The molecule has 0 bridgehead atoms. The second-order valence-corrected chi connectivity index (χ2v) is 5.27. The molecule has 0 unspecified atom stereocenters. The molecule has 1 heterocycles. The molecule has 0 radical (unpaired) electrons. The molecule has 6 heteroatoms. The minimum Gasteiger partial charge on any atom is -0.322 e. The normalized spacial score (nSPS) is 12.5. The Kier molecular flexibility index (Phi) is 4.37. The molecule has 5 nitrogen and oxygen atoms in total. The van der Waals surface area contributed by atoms with Crippen LogP contribution >= 0.6 is 0 Å². The van der Waals surface area contributed by atoms with Crippen LogP contribution < -0.4 is 11.1 Å². The molecule has 0 aliphatic rings. The van der Waals surface area contributed by atoms with Crippen molar-refractivity contribution in [2.45, 2.75) is 26.8 Å². The topological polar surface area (TPSA) is 72.9 Å². The van der Waals surface area contributed by atoms with Gasteiger partial charge >= 0.3 is 0 Å². The van der Waals surface area contributed by atoms with E-state index < -0.39 is 6.04 Å². The van der Waals surface area contributed by atoms with E-state index in [1.807, 2.05) is 13.8 Å². The van der Waals surface area contributed by atoms with Crippen molar-refractivity contribution in [1.82, 2.24) is 9.78 Å². The van der Waals surface area contributed by atoms with E-state index in [1.54, 1.807) is 25.1 Å². The van der Waals surface area contributed by atoms with Crippen LogP contribution in [-0.2, 0) is 4.79 Å². The van der Waals surface area contributed by atoms with Gasteiger partial charge in [-0.1, -0.05) is 26.0 Å². The fourth-order valence-electron chi connectivity index (χ4n) is 1.92. The lowest BCUT2D eigenvalue weighted by Gasteiger charge is -2.15. The van der Waals surface area contributed by atoms with E-state index in [4.69, 9.17) is 5.73 Å². The van der Waals surface area contributed by atoms with Crippen molar-refractivity contribution < 1.29 is 9.18 Å². The van der Waals surface area contributed by atoms with Crippen LogP contribution in [0.5, 0.6) is 0 Å². The number of anilines is 1. The second kappa shape index (κ2) is 6.05. The van der Waals surface area contributed by atoms with Gasteiger partial charge in [-0.3, -0.25) is 4.79 Å². The fraction of sp³-hybridized carbons (Fsp3) is 0.333. The van der Waals surface area contributed by atoms with Gasteiger partial charge in [0.1, 0.15) is 11.5 Å². The highest BCUT2D eigenvalue weighted by atomic mass is 19.1. The maximum Gasteiger partial charge on any atom is 0.241 e. The number of nitrogens with one attached hydrogen (secondary N) is 1. The van der Waals surface area contributed by atoms with E-state index >= 15 is 0 Å². The van der Waals surface area contributed by atoms with Crippen LogP contribution in [0.15, 0.2) is 30.5 Å². The van der Waals surface area contributed by atoms with E-state index in [0.717, 1.165) is 0 Å². The monoisotopic (exact) mass is 290 g/mol. The largest absolute Gasteiger partial charge is 0.322 e. The van der Waals surface area contributed by atoms with Gasteiger partial charge in [-0.05, 0) is 25.0 Å². The van der Waals surface area contributed by atoms with Gasteiger partial charge in [0.2, 0.25) is 5.91 Å². The van der Waals surface area contributed by atoms with Crippen LogP contribution in [0.25, 0.3) is 5.69 Å². The number of carbonyl (C=O) groups is 1. The molecule has 112 valence electrons. The van der Waals surface area contributed by atoms with E-state index in [-0.39, 0.29) is 17.6 Å². The number of amides is 1. The van der Waals surface area contributed by atoms with Gasteiger partial charge in [-0.25, -0.2) is 9.07 Å². The average Bonchev–Trinajstić information content (AvgIpc) is 2.80. The Balaban J connectivity index is 2.26. The summed E-state index contributed by atoms with van der Waals surface area (Å²) >= 11 is 0. The predicted molar refractivity (Wildman–Crippen MR) is 79.7 cm³/mol. The smallest absolute Gasteiger partial charge is 0.241 e. The number of hydrogen-bond donors (Lipinski definition) is 2. The number of carbonyl (C=O) groups excluding carboxylic acids is 1. The maximum absolute atomic E-state index is 13.8. The number of rotatable bonds is 4. The van der Waals surface area contributed by atoms with Crippen LogP contribution in [0, 0.1) is 18.7 Å². The summed E-state index contributed by atoms with van der Waals surface area (Å²) in [6, 6.07) is 5.74. The highest BCUT2D eigenvalue weighted by Crippen LogP contribution is 2.20.